The molecule has 1 heterocycles. The van der Waals surface area contributed by atoms with Gasteiger partial charge in [-0.15, -0.1) is 0 Å². The number of nitrogens with one attached hydrogen (secondary N) is 1. The van der Waals surface area contributed by atoms with Gasteiger partial charge in [0.25, 0.3) is 5.91 Å². The SMILES string of the molecule is Cc1cccc(C(=O)NCC(=O)N2CCN(C=O)CC2)c1. The summed E-state index contributed by atoms with van der Waals surface area (Å²) in [6, 6.07) is 7.22. The average Bonchev–Trinajstić information content (AvgIpc) is 2.52. The van der Waals surface area contributed by atoms with Crippen molar-refractivity contribution >= 4 is 18.2 Å². The van der Waals surface area contributed by atoms with Gasteiger partial charge in [-0.2, -0.15) is 0 Å². The number of hydrogen-bond donors (Lipinski definition) is 1. The second kappa shape index (κ2) is 6.88. The molecule has 1 aliphatic rings. The fraction of sp³-hybridized carbons (Fsp3) is 0.400. The fourth-order valence-electron chi connectivity index (χ4n) is 2.23. The Morgan fingerprint density at radius 1 is 1.24 bits per heavy atom. The number of benzene rings is 1. The quantitative estimate of drug-likeness (QED) is 0.795. The summed E-state index contributed by atoms with van der Waals surface area (Å²) in [5.41, 5.74) is 1.55. The number of piperazine rings is 1. The van der Waals surface area contributed by atoms with Crippen LogP contribution in [-0.4, -0.2) is 60.7 Å². The van der Waals surface area contributed by atoms with Crippen molar-refractivity contribution in [2.45, 2.75) is 6.92 Å². The third kappa shape index (κ3) is 4.05. The van der Waals surface area contributed by atoms with Crippen LogP contribution in [0.1, 0.15) is 15.9 Å². The first-order chi connectivity index (χ1) is 10.1. The molecule has 112 valence electrons. The molecule has 0 bridgehead atoms. The van der Waals surface area contributed by atoms with Gasteiger partial charge in [-0.1, -0.05) is 17.7 Å². The molecular formula is C15H19N3O3. The van der Waals surface area contributed by atoms with Gasteiger partial charge in [0.15, 0.2) is 0 Å². The van der Waals surface area contributed by atoms with E-state index in [1.54, 1.807) is 21.9 Å². The summed E-state index contributed by atoms with van der Waals surface area (Å²) in [4.78, 5) is 37.8. The highest BCUT2D eigenvalue weighted by atomic mass is 16.2. The van der Waals surface area contributed by atoms with Crippen LogP contribution in [-0.2, 0) is 9.59 Å². The van der Waals surface area contributed by atoms with E-state index < -0.39 is 0 Å². The van der Waals surface area contributed by atoms with Crippen LogP contribution in [0.25, 0.3) is 0 Å². The lowest BCUT2D eigenvalue weighted by Crippen LogP contribution is -2.50. The minimum atomic E-state index is -0.251. The van der Waals surface area contributed by atoms with Crippen LogP contribution >= 0.6 is 0 Å². The van der Waals surface area contributed by atoms with E-state index in [0.29, 0.717) is 31.7 Å². The Kier molecular flexibility index (Phi) is 4.92. The minimum Gasteiger partial charge on any atom is -0.343 e. The van der Waals surface area contributed by atoms with Crippen LogP contribution in [0.3, 0.4) is 0 Å². The molecule has 21 heavy (non-hydrogen) atoms. The van der Waals surface area contributed by atoms with Gasteiger partial charge in [0.1, 0.15) is 0 Å². The van der Waals surface area contributed by atoms with Crippen molar-refractivity contribution < 1.29 is 14.4 Å². The second-order valence-corrected chi connectivity index (χ2v) is 5.07. The molecule has 1 saturated heterocycles. The summed E-state index contributed by atoms with van der Waals surface area (Å²) in [5.74, 6) is -0.375. The van der Waals surface area contributed by atoms with Crippen molar-refractivity contribution in [3.05, 3.63) is 35.4 Å². The first-order valence-corrected chi connectivity index (χ1v) is 6.92. The standard InChI is InChI=1S/C15H19N3O3/c1-12-3-2-4-13(9-12)15(21)16-10-14(20)18-7-5-17(11-19)6-8-18/h2-4,9,11H,5-8,10H2,1H3,(H,16,21). The van der Waals surface area contributed by atoms with Gasteiger partial charge >= 0.3 is 0 Å². The van der Waals surface area contributed by atoms with Crippen LogP contribution in [0.4, 0.5) is 0 Å². The van der Waals surface area contributed by atoms with Gasteiger partial charge in [-0.05, 0) is 19.1 Å². The number of rotatable bonds is 4. The third-order valence-electron chi connectivity index (χ3n) is 3.50. The Labute approximate surface area is 123 Å². The molecule has 1 aliphatic heterocycles. The predicted molar refractivity (Wildman–Crippen MR) is 77.7 cm³/mol. The maximum Gasteiger partial charge on any atom is 0.251 e. The van der Waals surface area contributed by atoms with E-state index in [9.17, 15) is 14.4 Å². The monoisotopic (exact) mass is 289 g/mol. The highest BCUT2D eigenvalue weighted by Crippen LogP contribution is 2.04. The third-order valence-corrected chi connectivity index (χ3v) is 3.50. The van der Waals surface area contributed by atoms with Gasteiger partial charge in [0, 0.05) is 31.7 Å². The maximum absolute atomic E-state index is 12.0. The molecule has 2 rings (SSSR count). The number of carbonyl (C=O) groups excluding carboxylic acids is 3. The van der Waals surface area contributed by atoms with Crippen LogP contribution in [0.5, 0.6) is 0 Å². The van der Waals surface area contributed by atoms with E-state index >= 15 is 0 Å². The molecule has 0 atom stereocenters. The summed E-state index contributed by atoms with van der Waals surface area (Å²) in [6.45, 7) is 4.00. The summed E-state index contributed by atoms with van der Waals surface area (Å²) >= 11 is 0. The molecule has 3 amide bonds. The molecule has 0 aliphatic carbocycles. The van der Waals surface area contributed by atoms with Crippen LogP contribution in [0.15, 0.2) is 24.3 Å². The fourth-order valence-corrected chi connectivity index (χ4v) is 2.23. The lowest BCUT2D eigenvalue weighted by atomic mass is 10.1. The normalized spacial score (nSPS) is 14.7. The average molecular weight is 289 g/mol. The van der Waals surface area contributed by atoms with E-state index in [1.807, 2.05) is 19.1 Å². The summed E-state index contributed by atoms with van der Waals surface area (Å²) in [5, 5.41) is 2.64. The van der Waals surface area contributed by atoms with E-state index in [-0.39, 0.29) is 18.4 Å². The first kappa shape index (κ1) is 15.0. The highest BCUT2D eigenvalue weighted by molar-refractivity contribution is 5.96. The van der Waals surface area contributed by atoms with E-state index in [4.69, 9.17) is 0 Å². The molecule has 1 aromatic carbocycles. The van der Waals surface area contributed by atoms with Crippen molar-refractivity contribution in [3.63, 3.8) is 0 Å². The molecule has 0 unspecified atom stereocenters. The van der Waals surface area contributed by atoms with E-state index in [0.717, 1.165) is 12.0 Å². The van der Waals surface area contributed by atoms with Crippen molar-refractivity contribution in [3.8, 4) is 0 Å². The van der Waals surface area contributed by atoms with Crippen LogP contribution in [0.2, 0.25) is 0 Å². The number of aryl methyl sites for hydroxylation is 1. The topological polar surface area (TPSA) is 69.7 Å². The molecule has 1 fully saturated rings. The Hall–Kier alpha value is -2.37. The summed E-state index contributed by atoms with van der Waals surface area (Å²) in [7, 11) is 0. The lowest BCUT2D eigenvalue weighted by molar-refractivity contribution is -0.134. The molecule has 6 nitrogen and oxygen atoms in total. The first-order valence-electron chi connectivity index (χ1n) is 6.92. The molecule has 1 aromatic rings. The van der Waals surface area contributed by atoms with Gasteiger partial charge in [-0.3, -0.25) is 14.4 Å². The van der Waals surface area contributed by atoms with Crippen LogP contribution in [0, 0.1) is 6.92 Å². The minimum absolute atomic E-state index is 0.0200. The largest absolute Gasteiger partial charge is 0.343 e. The molecule has 0 spiro atoms. The smallest absolute Gasteiger partial charge is 0.251 e. The Morgan fingerprint density at radius 2 is 1.95 bits per heavy atom. The zero-order chi connectivity index (χ0) is 15.2. The molecule has 6 heteroatoms. The molecule has 0 saturated carbocycles. The molecular weight excluding hydrogens is 270 g/mol. The van der Waals surface area contributed by atoms with Gasteiger partial charge in [-0.25, -0.2) is 0 Å². The summed E-state index contributed by atoms with van der Waals surface area (Å²) in [6.07, 6.45) is 0.793. The van der Waals surface area contributed by atoms with Crippen molar-refractivity contribution in [1.29, 1.82) is 0 Å². The number of carbonyl (C=O) groups is 3. The second-order valence-electron chi connectivity index (χ2n) is 5.07. The highest BCUT2D eigenvalue weighted by Gasteiger charge is 2.20. The zero-order valence-corrected chi connectivity index (χ0v) is 12.0. The molecule has 1 N–H and O–H groups in total. The predicted octanol–water partition coefficient (Wildman–Crippen LogP) is 0.0254. The van der Waals surface area contributed by atoms with E-state index in [2.05, 4.69) is 5.32 Å². The molecule has 0 aromatic heterocycles. The van der Waals surface area contributed by atoms with Gasteiger partial charge < -0.3 is 15.1 Å². The van der Waals surface area contributed by atoms with E-state index in [1.165, 1.54) is 0 Å². The maximum atomic E-state index is 12.0. The van der Waals surface area contributed by atoms with Gasteiger partial charge in [0.2, 0.25) is 12.3 Å². The van der Waals surface area contributed by atoms with Gasteiger partial charge in [0.05, 0.1) is 6.54 Å². The van der Waals surface area contributed by atoms with Crippen molar-refractivity contribution in [1.82, 2.24) is 15.1 Å². The summed E-state index contributed by atoms with van der Waals surface area (Å²) < 4.78 is 0. The van der Waals surface area contributed by atoms with Crippen LogP contribution < -0.4 is 5.32 Å². The Bertz CT molecular complexity index is 537. The van der Waals surface area contributed by atoms with Crippen molar-refractivity contribution in [2.24, 2.45) is 0 Å². The Morgan fingerprint density at radius 3 is 2.57 bits per heavy atom. The van der Waals surface area contributed by atoms with Crippen molar-refractivity contribution in [2.75, 3.05) is 32.7 Å². The Balaban J connectivity index is 1.81. The number of amides is 3. The number of nitrogens with zero attached hydrogens (tertiary/aromatic N) is 2. The lowest BCUT2D eigenvalue weighted by Gasteiger charge is -2.32. The number of hydrogen-bond acceptors (Lipinski definition) is 3. The zero-order valence-electron chi connectivity index (χ0n) is 12.0. The molecule has 0 radical (unpaired) electrons.